The van der Waals surface area contributed by atoms with Gasteiger partial charge in [-0.05, 0) is 37.3 Å². The highest BCUT2D eigenvalue weighted by Crippen LogP contribution is 2.29. The van der Waals surface area contributed by atoms with E-state index in [1.165, 1.54) is 5.56 Å². The molecule has 0 aliphatic carbocycles. The number of nitrogens with zero attached hydrogens (tertiary/aromatic N) is 3. The van der Waals surface area contributed by atoms with Crippen molar-refractivity contribution in [2.24, 2.45) is 0 Å². The molecule has 1 amide bonds. The van der Waals surface area contributed by atoms with Crippen LogP contribution in [-0.4, -0.2) is 45.6 Å². The molecule has 0 bridgehead atoms. The molecular formula is C18H23N5O. The zero-order valence-corrected chi connectivity index (χ0v) is 14.0. The molecule has 1 aromatic carbocycles. The number of amides is 1. The van der Waals surface area contributed by atoms with Crippen LogP contribution >= 0.6 is 0 Å². The molecule has 2 unspecified atom stereocenters. The fourth-order valence-electron chi connectivity index (χ4n) is 3.84. The number of aryl methyl sites for hydroxylation is 1. The highest BCUT2D eigenvalue weighted by atomic mass is 16.2. The number of rotatable bonds is 2. The molecule has 0 saturated carbocycles. The summed E-state index contributed by atoms with van der Waals surface area (Å²) in [5, 5.41) is 10.6. The van der Waals surface area contributed by atoms with E-state index in [4.69, 9.17) is 0 Å². The fourth-order valence-corrected chi connectivity index (χ4v) is 3.84. The molecule has 1 saturated heterocycles. The lowest BCUT2D eigenvalue weighted by atomic mass is 9.91. The third-order valence-corrected chi connectivity index (χ3v) is 5.07. The van der Waals surface area contributed by atoms with Crippen LogP contribution in [0.3, 0.4) is 0 Å². The normalized spacial score (nSPS) is 23.8. The molecule has 0 radical (unpaired) electrons. The summed E-state index contributed by atoms with van der Waals surface area (Å²) in [7, 11) is 0. The van der Waals surface area contributed by atoms with Gasteiger partial charge in [-0.25, -0.2) is 4.98 Å². The minimum atomic E-state index is -0.220. The van der Waals surface area contributed by atoms with Gasteiger partial charge < -0.3 is 10.2 Å². The van der Waals surface area contributed by atoms with Crippen molar-refractivity contribution in [3.8, 4) is 0 Å². The van der Waals surface area contributed by atoms with E-state index in [1.54, 1.807) is 0 Å². The van der Waals surface area contributed by atoms with Gasteiger partial charge in [0.1, 0.15) is 11.9 Å². The Morgan fingerprint density at radius 1 is 1.33 bits per heavy atom. The van der Waals surface area contributed by atoms with Crippen LogP contribution in [0.4, 0.5) is 0 Å². The Bertz CT molecular complexity index is 741. The average molecular weight is 325 g/mol. The van der Waals surface area contributed by atoms with E-state index in [1.807, 2.05) is 24.0 Å². The van der Waals surface area contributed by atoms with Gasteiger partial charge in [0.15, 0.2) is 5.82 Å². The maximum Gasteiger partial charge on any atom is 0.244 e. The van der Waals surface area contributed by atoms with E-state index in [0.717, 1.165) is 49.6 Å². The molecule has 0 spiro atoms. The minimum Gasteiger partial charge on any atom is -0.340 e. The molecule has 2 aromatic rings. The van der Waals surface area contributed by atoms with E-state index < -0.39 is 0 Å². The number of piperidine rings is 1. The lowest BCUT2D eigenvalue weighted by Gasteiger charge is -2.36. The first kappa shape index (κ1) is 15.3. The van der Waals surface area contributed by atoms with Crippen molar-refractivity contribution in [1.29, 1.82) is 0 Å². The Morgan fingerprint density at radius 3 is 3.04 bits per heavy atom. The Balaban J connectivity index is 1.52. The molecule has 2 aliphatic heterocycles. The van der Waals surface area contributed by atoms with Crippen molar-refractivity contribution in [1.82, 2.24) is 25.4 Å². The standard InChI is InChI=1S/C18H23N5O/c1-12-20-17(22-21-12)14-6-4-10-23(11-14)18(24)16-15-7-3-2-5-13(15)8-9-19-16/h2-3,5,7,14,16,19H,4,6,8-11H2,1H3,(H,20,21,22). The van der Waals surface area contributed by atoms with Crippen molar-refractivity contribution in [3.05, 3.63) is 47.0 Å². The number of nitrogens with one attached hydrogen (secondary N) is 2. The number of hydrogen-bond donors (Lipinski definition) is 2. The number of benzene rings is 1. The predicted molar refractivity (Wildman–Crippen MR) is 90.6 cm³/mol. The monoisotopic (exact) mass is 325 g/mol. The van der Waals surface area contributed by atoms with Crippen LogP contribution in [0.5, 0.6) is 0 Å². The number of fused-ring (bicyclic) bond motifs is 1. The molecule has 4 rings (SSSR count). The Labute approximate surface area is 141 Å². The van der Waals surface area contributed by atoms with Crippen molar-refractivity contribution < 1.29 is 4.79 Å². The van der Waals surface area contributed by atoms with Crippen LogP contribution in [0, 0.1) is 6.92 Å². The summed E-state index contributed by atoms with van der Waals surface area (Å²) < 4.78 is 0. The maximum absolute atomic E-state index is 13.1. The zero-order chi connectivity index (χ0) is 16.5. The number of carbonyl (C=O) groups is 1. The number of hydrogen-bond acceptors (Lipinski definition) is 4. The Kier molecular flexibility index (Phi) is 4.06. The molecule has 126 valence electrons. The topological polar surface area (TPSA) is 73.9 Å². The summed E-state index contributed by atoms with van der Waals surface area (Å²) in [5.41, 5.74) is 2.41. The first-order chi connectivity index (χ1) is 11.7. The number of aromatic amines is 1. The molecule has 24 heavy (non-hydrogen) atoms. The maximum atomic E-state index is 13.1. The van der Waals surface area contributed by atoms with Gasteiger partial charge in [0, 0.05) is 25.6 Å². The quantitative estimate of drug-likeness (QED) is 0.881. The molecule has 3 heterocycles. The van der Waals surface area contributed by atoms with Gasteiger partial charge >= 0.3 is 0 Å². The summed E-state index contributed by atoms with van der Waals surface area (Å²) in [6, 6.07) is 8.05. The van der Waals surface area contributed by atoms with Crippen LogP contribution < -0.4 is 5.32 Å². The van der Waals surface area contributed by atoms with Crippen LogP contribution in [0.25, 0.3) is 0 Å². The summed E-state index contributed by atoms with van der Waals surface area (Å²) in [6.45, 7) is 4.28. The number of carbonyl (C=O) groups excluding carboxylic acids is 1. The lowest BCUT2D eigenvalue weighted by Crippen LogP contribution is -2.47. The van der Waals surface area contributed by atoms with Gasteiger partial charge in [-0.1, -0.05) is 24.3 Å². The number of H-pyrrole nitrogens is 1. The van der Waals surface area contributed by atoms with E-state index in [2.05, 4.69) is 32.6 Å². The second-order valence-electron chi connectivity index (χ2n) is 6.74. The number of aromatic nitrogens is 3. The van der Waals surface area contributed by atoms with Gasteiger partial charge in [-0.15, -0.1) is 0 Å². The fraction of sp³-hybridized carbons (Fsp3) is 0.500. The Morgan fingerprint density at radius 2 is 2.21 bits per heavy atom. The summed E-state index contributed by atoms with van der Waals surface area (Å²) >= 11 is 0. The van der Waals surface area contributed by atoms with Crippen molar-refractivity contribution in [3.63, 3.8) is 0 Å². The largest absolute Gasteiger partial charge is 0.340 e. The van der Waals surface area contributed by atoms with E-state index in [-0.39, 0.29) is 17.9 Å². The molecule has 2 atom stereocenters. The molecular weight excluding hydrogens is 302 g/mol. The van der Waals surface area contributed by atoms with Crippen molar-refractivity contribution >= 4 is 5.91 Å². The smallest absolute Gasteiger partial charge is 0.244 e. The van der Waals surface area contributed by atoms with E-state index in [9.17, 15) is 4.79 Å². The van der Waals surface area contributed by atoms with Gasteiger partial charge in [0.2, 0.25) is 5.91 Å². The molecule has 2 N–H and O–H groups in total. The number of likely N-dealkylation sites (tertiary alicyclic amines) is 1. The second-order valence-corrected chi connectivity index (χ2v) is 6.74. The molecule has 1 fully saturated rings. The van der Waals surface area contributed by atoms with E-state index >= 15 is 0 Å². The van der Waals surface area contributed by atoms with Crippen LogP contribution in [-0.2, 0) is 11.2 Å². The summed E-state index contributed by atoms with van der Waals surface area (Å²) in [4.78, 5) is 19.6. The van der Waals surface area contributed by atoms with E-state index in [0.29, 0.717) is 6.54 Å². The SMILES string of the molecule is Cc1nc(C2CCCN(C(=O)C3NCCc4ccccc43)C2)n[nH]1. The Hall–Kier alpha value is -2.21. The average Bonchev–Trinajstić information content (AvgIpc) is 3.07. The van der Waals surface area contributed by atoms with Crippen LogP contribution in [0.2, 0.25) is 0 Å². The molecule has 6 nitrogen and oxygen atoms in total. The third kappa shape index (κ3) is 2.82. The van der Waals surface area contributed by atoms with Crippen LogP contribution in [0.15, 0.2) is 24.3 Å². The van der Waals surface area contributed by atoms with Crippen LogP contribution in [0.1, 0.15) is 47.6 Å². The highest BCUT2D eigenvalue weighted by molar-refractivity contribution is 5.84. The van der Waals surface area contributed by atoms with Gasteiger partial charge in [0.05, 0.1) is 0 Å². The molecule has 1 aromatic heterocycles. The first-order valence-corrected chi connectivity index (χ1v) is 8.71. The highest BCUT2D eigenvalue weighted by Gasteiger charge is 2.33. The van der Waals surface area contributed by atoms with Crippen molar-refractivity contribution in [2.75, 3.05) is 19.6 Å². The second kappa shape index (κ2) is 6.36. The lowest BCUT2D eigenvalue weighted by molar-refractivity contribution is -0.135. The third-order valence-electron chi connectivity index (χ3n) is 5.07. The summed E-state index contributed by atoms with van der Waals surface area (Å²) in [5.74, 6) is 2.07. The van der Waals surface area contributed by atoms with Crippen molar-refractivity contribution in [2.45, 2.75) is 38.1 Å². The first-order valence-electron chi connectivity index (χ1n) is 8.71. The summed E-state index contributed by atoms with van der Waals surface area (Å²) in [6.07, 6.45) is 3.02. The molecule has 6 heteroatoms. The van der Waals surface area contributed by atoms with Gasteiger partial charge in [-0.2, -0.15) is 5.10 Å². The predicted octanol–water partition coefficient (Wildman–Crippen LogP) is 1.71. The molecule has 2 aliphatic rings. The van der Waals surface area contributed by atoms with Gasteiger partial charge in [-0.3, -0.25) is 9.89 Å². The zero-order valence-electron chi connectivity index (χ0n) is 14.0. The minimum absolute atomic E-state index is 0.180. The van der Waals surface area contributed by atoms with Gasteiger partial charge in [0.25, 0.3) is 0 Å².